The van der Waals surface area contributed by atoms with E-state index in [1.165, 1.54) is 48.5 Å². The van der Waals surface area contributed by atoms with Crippen LogP contribution in [0.15, 0.2) is 72.8 Å². The second-order valence-electron chi connectivity index (χ2n) is 8.33. The minimum absolute atomic E-state index is 0.0265. The zero-order valence-electron chi connectivity index (χ0n) is 20.0. The van der Waals surface area contributed by atoms with E-state index in [1.54, 1.807) is 0 Å². The lowest BCUT2D eigenvalue weighted by Gasteiger charge is -2.14. The van der Waals surface area contributed by atoms with Gasteiger partial charge in [0.2, 0.25) is 0 Å². The van der Waals surface area contributed by atoms with Gasteiger partial charge in [0.1, 0.15) is 11.5 Å². The number of rotatable bonds is 10. The molecular formula is C28H20F4N2O5. The summed E-state index contributed by atoms with van der Waals surface area (Å²) in [5, 5.41) is 25.0. The number of ether oxygens (including phenoxy) is 1. The quantitative estimate of drug-likeness (QED) is 0.167. The van der Waals surface area contributed by atoms with Crippen molar-refractivity contribution in [2.75, 3.05) is 10.6 Å². The molecule has 0 heterocycles. The highest BCUT2D eigenvalue weighted by Crippen LogP contribution is 2.30. The molecule has 4 aromatic carbocycles. The van der Waals surface area contributed by atoms with Gasteiger partial charge in [0, 0.05) is 24.5 Å². The fourth-order valence-corrected chi connectivity index (χ4v) is 3.67. The topological polar surface area (TPSA) is 108 Å². The third kappa shape index (κ3) is 6.63. The molecule has 0 fully saturated rings. The summed E-state index contributed by atoms with van der Waals surface area (Å²) >= 11 is 0. The molecule has 11 heteroatoms. The second kappa shape index (κ2) is 11.5. The molecule has 0 atom stereocenters. The molecule has 0 aromatic heterocycles. The molecular weight excluding hydrogens is 520 g/mol. The second-order valence-corrected chi connectivity index (χ2v) is 8.33. The molecule has 0 unspecified atom stereocenters. The molecule has 39 heavy (non-hydrogen) atoms. The third-order valence-electron chi connectivity index (χ3n) is 5.61. The van der Waals surface area contributed by atoms with Crippen molar-refractivity contribution < 1.29 is 42.1 Å². The number of halogens is 4. The molecule has 0 aliphatic rings. The van der Waals surface area contributed by atoms with Crippen molar-refractivity contribution in [2.45, 2.75) is 13.1 Å². The van der Waals surface area contributed by atoms with Crippen LogP contribution < -0.4 is 15.4 Å². The number of carboxylic acids is 2. The Kier molecular flexibility index (Phi) is 7.99. The van der Waals surface area contributed by atoms with Gasteiger partial charge in [-0.2, -0.15) is 0 Å². The normalized spacial score (nSPS) is 10.7. The first-order chi connectivity index (χ1) is 18.6. The van der Waals surface area contributed by atoms with Crippen molar-refractivity contribution in [2.24, 2.45) is 0 Å². The zero-order valence-corrected chi connectivity index (χ0v) is 20.0. The molecule has 0 aliphatic heterocycles. The number of hydrogen-bond acceptors (Lipinski definition) is 5. The number of nitrogens with one attached hydrogen (secondary N) is 2. The van der Waals surface area contributed by atoms with Crippen LogP contribution in [0.5, 0.6) is 11.5 Å². The highest BCUT2D eigenvalue weighted by molar-refractivity contribution is 5.95. The third-order valence-corrected chi connectivity index (χ3v) is 5.61. The first kappa shape index (κ1) is 27.0. The number of hydrogen-bond donors (Lipinski definition) is 4. The number of aromatic carboxylic acids is 2. The average molecular weight is 540 g/mol. The maximum Gasteiger partial charge on any atom is 0.337 e. The zero-order chi connectivity index (χ0) is 28.1. The maximum atomic E-state index is 13.4. The largest absolute Gasteiger partial charge is 0.478 e. The average Bonchev–Trinajstić information content (AvgIpc) is 2.90. The number of carbonyl (C=O) groups is 2. The van der Waals surface area contributed by atoms with E-state index in [1.807, 2.05) is 0 Å². The van der Waals surface area contributed by atoms with Gasteiger partial charge in [-0.15, -0.1) is 0 Å². The van der Waals surface area contributed by atoms with Gasteiger partial charge < -0.3 is 25.6 Å². The van der Waals surface area contributed by atoms with Crippen molar-refractivity contribution in [3.05, 3.63) is 118 Å². The van der Waals surface area contributed by atoms with Crippen LogP contribution in [0.25, 0.3) is 0 Å². The van der Waals surface area contributed by atoms with E-state index < -0.39 is 35.2 Å². The van der Waals surface area contributed by atoms with Gasteiger partial charge in [-0.25, -0.2) is 27.2 Å². The Morgan fingerprint density at radius 2 is 1.00 bits per heavy atom. The first-order valence-corrected chi connectivity index (χ1v) is 11.4. The predicted molar refractivity (Wildman–Crippen MR) is 134 cm³/mol. The highest BCUT2D eigenvalue weighted by atomic mass is 19.2. The van der Waals surface area contributed by atoms with E-state index in [2.05, 4.69) is 10.6 Å². The Hall–Kier alpha value is -5.06. The first-order valence-electron chi connectivity index (χ1n) is 11.4. The fraction of sp³-hybridized carbons (Fsp3) is 0.0714. The SMILES string of the molecule is O=C(O)c1cc(Oc2ccc(NCc3ccc(F)c(F)c3)c(C(=O)O)c2)ccc1NCc1ccc(F)c(F)c1. The molecule has 0 saturated heterocycles. The molecule has 0 spiro atoms. The summed E-state index contributed by atoms with van der Waals surface area (Å²) in [4.78, 5) is 23.6. The van der Waals surface area contributed by atoms with Crippen LogP contribution in [-0.2, 0) is 13.1 Å². The molecule has 0 saturated carbocycles. The van der Waals surface area contributed by atoms with E-state index in [0.717, 1.165) is 24.3 Å². The number of anilines is 2. The molecule has 0 radical (unpaired) electrons. The summed E-state index contributed by atoms with van der Waals surface area (Å²) in [7, 11) is 0. The van der Waals surface area contributed by atoms with Gasteiger partial charge >= 0.3 is 11.9 Å². The minimum atomic E-state index is -1.28. The lowest BCUT2D eigenvalue weighted by Crippen LogP contribution is -2.08. The minimum Gasteiger partial charge on any atom is -0.478 e. The summed E-state index contributed by atoms with van der Waals surface area (Å²) in [6, 6.07) is 14.9. The van der Waals surface area contributed by atoms with Gasteiger partial charge in [0.25, 0.3) is 0 Å². The molecule has 7 nitrogen and oxygen atoms in total. The lowest BCUT2D eigenvalue weighted by molar-refractivity contribution is 0.0687. The summed E-state index contributed by atoms with van der Waals surface area (Å²) < 4.78 is 58.8. The van der Waals surface area contributed by atoms with E-state index >= 15 is 0 Å². The Bertz CT molecular complexity index is 1450. The van der Waals surface area contributed by atoms with Crippen LogP contribution in [0.2, 0.25) is 0 Å². The molecule has 4 aromatic rings. The molecule has 4 N–H and O–H groups in total. The number of benzene rings is 4. The van der Waals surface area contributed by atoms with Crippen LogP contribution in [0.1, 0.15) is 31.8 Å². The Morgan fingerprint density at radius 3 is 1.36 bits per heavy atom. The predicted octanol–water partition coefficient (Wildman–Crippen LogP) is 6.66. The summed E-state index contributed by atoms with van der Waals surface area (Å²) in [6.45, 7) is 0.0529. The van der Waals surface area contributed by atoms with Gasteiger partial charge in [-0.05, 0) is 71.8 Å². The monoisotopic (exact) mass is 540 g/mol. The molecule has 0 aliphatic carbocycles. The molecule has 0 amide bonds. The molecule has 0 bridgehead atoms. The smallest absolute Gasteiger partial charge is 0.337 e. The van der Waals surface area contributed by atoms with E-state index in [-0.39, 0.29) is 47.1 Å². The van der Waals surface area contributed by atoms with E-state index in [4.69, 9.17) is 4.74 Å². The van der Waals surface area contributed by atoms with Crippen molar-refractivity contribution >= 4 is 23.3 Å². The summed E-state index contributed by atoms with van der Waals surface area (Å²) in [5.41, 5.74) is 0.844. The van der Waals surface area contributed by atoms with Crippen LogP contribution in [0, 0.1) is 23.3 Å². The lowest BCUT2D eigenvalue weighted by atomic mass is 10.1. The van der Waals surface area contributed by atoms with Crippen molar-refractivity contribution in [3.63, 3.8) is 0 Å². The summed E-state index contributed by atoms with van der Waals surface area (Å²) in [5.74, 6) is -6.40. The van der Waals surface area contributed by atoms with Gasteiger partial charge in [0.05, 0.1) is 11.1 Å². The van der Waals surface area contributed by atoms with Crippen LogP contribution in [-0.4, -0.2) is 22.2 Å². The Morgan fingerprint density at radius 1 is 0.590 bits per heavy atom. The standard InChI is InChI=1S/C28H20F4N2O5/c29-21-5-1-15(9-23(21)31)13-33-25-7-3-17(11-19(25)27(35)36)39-18-4-8-26(20(12-18)28(37)38)34-14-16-2-6-22(30)24(32)10-16/h1-12,33-34H,13-14H2,(H,35,36)(H,37,38). The van der Waals surface area contributed by atoms with Crippen molar-refractivity contribution in [1.82, 2.24) is 0 Å². The maximum absolute atomic E-state index is 13.4. The highest BCUT2D eigenvalue weighted by Gasteiger charge is 2.15. The van der Waals surface area contributed by atoms with E-state index in [9.17, 15) is 37.4 Å². The molecule has 4 rings (SSSR count). The van der Waals surface area contributed by atoms with Crippen molar-refractivity contribution in [3.8, 4) is 11.5 Å². The van der Waals surface area contributed by atoms with Crippen LogP contribution in [0.4, 0.5) is 28.9 Å². The summed E-state index contributed by atoms with van der Waals surface area (Å²) in [6.07, 6.45) is 0. The Balaban J connectivity index is 1.49. The molecule has 200 valence electrons. The van der Waals surface area contributed by atoms with Gasteiger partial charge in [-0.1, -0.05) is 12.1 Å². The Labute approximate surface area is 219 Å². The van der Waals surface area contributed by atoms with E-state index in [0.29, 0.717) is 11.1 Å². The fourth-order valence-electron chi connectivity index (χ4n) is 3.67. The van der Waals surface area contributed by atoms with Crippen molar-refractivity contribution in [1.29, 1.82) is 0 Å². The van der Waals surface area contributed by atoms with Gasteiger partial charge in [-0.3, -0.25) is 0 Å². The number of carboxylic acid groups (broad SMARTS) is 2. The van der Waals surface area contributed by atoms with Gasteiger partial charge in [0.15, 0.2) is 23.3 Å². The van der Waals surface area contributed by atoms with Crippen LogP contribution in [0.3, 0.4) is 0 Å². The van der Waals surface area contributed by atoms with Crippen LogP contribution >= 0.6 is 0 Å².